The molecule has 32 heavy (non-hydrogen) atoms. The molecule has 8 heteroatoms. The third-order valence-electron chi connectivity index (χ3n) is 5.79. The van der Waals surface area contributed by atoms with E-state index in [1.165, 1.54) is 0 Å². The molecule has 0 aliphatic heterocycles. The summed E-state index contributed by atoms with van der Waals surface area (Å²) in [4.78, 5) is 27.1. The van der Waals surface area contributed by atoms with Crippen molar-refractivity contribution in [3.63, 3.8) is 0 Å². The Kier molecular flexibility index (Phi) is 7.11. The molecule has 0 unspecified atom stereocenters. The summed E-state index contributed by atoms with van der Waals surface area (Å²) in [5, 5.41) is 19.3. The zero-order valence-corrected chi connectivity index (χ0v) is 19.6. The van der Waals surface area contributed by atoms with Gasteiger partial charge >= 0.3 is 12.0 Å². The van der Waals surface area contributed by atoms with Gasteiger partial charge in [0, 0.05) is 19.2 Å². The maximum Gasteiger partial charge on any atom is 0.326 e. The highest BCUT2D eigenvalue weighted by molar-refractivity contribution is 6.01. The van der Waals surface area contributed by atoms with E-state index in [9.17, 15) is 14.7 Å². The zero-order valence-electron chi connectivity index (χ0n) is 19.6. The van der Waals surface area contributed by atoms with Gasteiger partial charge in [-0.3, -0.25) is 10.1 Å². The Morgan fingerprint density at radius 2 is 1.78 bits per heavy atom. The van der Waals surface area contributed by atoms with Crippen molar-refractivity contribution in [3.05, 3.63) is 35.5 Å². The van der Waals surface area contributed by atoms with Crippen LogP contribution in [-0.2, 0) is 10.2 Å². The second-order valence-electron chi connectivity index (χ2n) is 9.58. The van der Waals surface area contributed by atoms with E-state index in [0.717, 1.165) is 30.8 Å². The van der Waals surface area contributed by atoms with Crippen LogP contribution in [0.15, 0.2) is 28.8 Å². The highest BCUT2D eigenvalue weighted by atomic mass is 16.5. The van der Waals surface area contributed by atoms with Crippen molar-refractivity contribution in [2.24, 2.45) is 11.8 Å². The summed E-state index contributed by atoms with van der Waals surface area (Å²) in [6, 6.07) is 6.83. The van der Waals surface area contributed by atoms with E-state index in [1.54, 1.807) is 13.0 Å². The van der Waals surface area contributed by atoms with E-state index in [4.69, 9.17) is 4.52 Å². The molecular formula is C24H34N4O4. The van der Waals surface area contributed by atoms with Crippen LogP contribution in [0.5, 0.6) is 0 Å². The van der Waals surface area contributed by atoms with Gasteiger partial charge in [0.1, 0.15) is 0 Å². The first-order valence-corrected chi connectivity index (χ1v) is 11.2. The van der Waals surface area contributed by atoms with E-state index in [-0.39, 0.29) is 5.88 Å². The van der Waals surface area contributed by atoms with Crippen LogP contribution in [0.2, 0.25) is 0 Å². The zero-order chi connectivity index (χ0) is 23.5. The number of aromatic nitrogens is 1. The Bertz CT molecular complexity index is 953. The van der Waals surface area contributed by atoms with Crippen molar-refractivity contribution >= 4 is 29.3 Å². The molecule has 1 fully saturated rings. The number of amides is 2. The molecule has 0 bridgehead atoms. The lowest BCUT2D eigenvalue weighted by Crippen LogP contribution is -2.42. The van der Waals surface area contributed by atoms with Gasteiger partial charge in [-0.05, 0) is 49.3 Å². The molecule has 1 aromatic heterocycles. The molecule has 0 radical (unpaired) electrons. The lowest BCUT2D eigenvalue weighted by molar-refractivity contribution is -0.147. The van der Waals surface area contributed by atoms with Crippen LogP contribution >= 0.6 is 0 Å². The molecule has 1 saturated carbocycles. The standard InChI is InChI=1S/C24H34N4O4/c1-15(2)13-28(14-16(3)4)20-8-7-18(24(22(29)30)9-6-10-24)12-19(20)25-23(31)26-21-11-17(5)27-32-21/h7-8,11-12,15-16H,6,9-10,13-14H2,1-5H3,(H,29,30)(H2,25,26,31). The van der Waals surface area contributed by atoms with Crippen molar-refractivity contribution in [3.8, 4) is 0 Å². The average molecular weight is 443 g/mol. The minimum absolute atomic E-state index is 0.250. The third-order valence-corrected chi connectivity index (χ3v) is 5.79. The Labute approximate surface area is 189 Å². The normalized spacial score (nSPS) is 14.8. The summed E-state index contributed by atoms with van der Waals surface area (Å²) in [5.41, 5.74) is 1.97. The molecule has 174 valence electrons. The van der Waals surface area contributed by atoms with Crippen molar-refractivity contribution in [1.29, 1.82) is 0 Å². The van der Waals surface area contributed by atoms with Gasteiger partial charge in [-0.25, -0.2) is 4.79 Å². The number of aryl methyl sites for hydroxylation is 1. The van der Waals surface area contributed by atoms with E-state index >= 15 is 0 Å². The first-order chi connectivity index (χ1) is 15.1. The Balaban J connectivity index is 1.97. The maximum absolute atomic E-state index is 12.7. The number of carbonyl (C=O) groups is 2. The molecule has 1 aliphatic rings. The molecular weight excluding hydrogens is 408 g/mol. The number of nitrogens with one attached hydrogen (secondary N) is 2. The van der Waals surface area contributed by atoms with Crippen LogP contribution in [-0.4, -0.2) is 35.4 Å². The minimum Gasteiger partial charge on any atom is -0.481 e. The molecule has 8 nitrogen and oxygen atoms in total. The lowest BCUT2D eigenvalue weighted by atomic mass is 9.64. The number of urea groups is 1. The Hall–Kier alpha value is -3.03. The number of aliphatic carboxylic acids is 1. The van der Waals surface area contributed by atoms with Crippen molar-refractivity contribution in [1.82, 2.24) is 5.16 Å². The van der Waals surface area contributed by atoms with Gasteiger partial charge in [0.05, 0.1) is 22.5 Å². The Morgan fingerprint density at radius 1 is 1.12 bits per heavy atom. The topological polar surface area (TPSA) is 108 Å². The summed E-state index contributed by atoms with van der Waals surface area (Å²) in [5.74, 6) is 0.277. The minimum atomic E-state index is -0.881. The fourth-order valence-corrected chi connectivity index (χ4v) is 4.21. The van der Waals surface area contributed by atoms with Gasteiger partial charge in [0.2, 0.25) is 5.88 Å². The van der Waals surface area contributed by atoms with Crippen molar-refractivity contribution in [2.75, 3.05) is 28.6 Å². The summed E-state index contributed by atoms with van der Waals surface area (Å²) < 4.78 is 5.08. The van der Waals surface area contributed by atoms with Gasteiger partial charge < -0.3 is 19.8 Å². The summed E-state index contributed by atoms with van der Waals surface area (Å²) in [7, 11) is 0. The maximum atomic E-state index is 12.7. The number of hydrogen-bond donors (Lipinski definition) is 3. The van der Waals surface area contributed by atoms with Gasteiger partial charge in [0.25, 0.3) is 0 Å². The molecule has 1 heterocycles. The fraction of sp³-hybridized carbons (Fsp3) is 0.542. The number of hydrogen-bond acceptors (Lipinski definition) is 5. The lowest BCUT2D eigenvalue weighted by Gasteiger charge is -2.39. The predicted molar refractivity (Wildman–Crippen MR) is 125 cm³/mol. The van der Waals surface area contributed by atoms with E-state index < -0.39 is 17.4 Å². The van der Waals surface area contributed by atoms with Crippen molar-refractivity contribution < 1.29 is 19.2 Å². The molecule has 1 aromatic carbocycles. The van der Waals surface area contributed by atoms with Crippen LogP contribution in [0.3, 0.4) is 0 Å². The molecule has 3 rings (SSSR count). The summed E-state index contributed by atoms with van der Waals surface area (Å²) in [6.45, 7) is 12.0. The fourth-order valence-electron chi connectivity index (χ4n) is 4.21. The van der Waals surface area contributed by atoms with Gasteiger partial charge in [-0.1, -0.05) is 45.3 Å². The molecule has 2 aromatic rings. The monoisotopic (exact) mass is 442 g/mol. The molecule has 0 spiro atoms. The smallest absolute Gasteiger partial charge is 0.326 e. The number of carboxylic acids is 1. The molecule has 2 amide bonds. The van der Waals surface area contributed by atoms with Crippen LogP contribution in [0.1, 0.15) is 58.2 Å². The Morgan fingerprint density at radius 3 is 2.25 bits per heavy atom. The van der Waals surface area contributed by atoms with Gasteiger partial charge in [0.15, 0.2) is 0 Å². The van der Waals surface area contributed by atoms with Crippen LogP contribution in [0.25, 0.3) is 0 Å². The second-order valence-corrected chi connectivity index (χ2v) is 9.58. The molecule has 3 N–H and O–H groups in total. The largest absolute Gasteiger partial charge is 0.481 e. The van der Waals surface area contributed by atoms with E-state index in [2.05, 4.69) is 48.4 Å². The second kappa shape index (κ2) is 9.63. The van der Waals surface area contributed by atoms with Crippen LogP contribution in [0, 0.1) is 18.8 Å². The molecule has 0 atom stereocenters. The van der Waals surface area contributed by atoms with E-state index in [0.29, 0.717) is 36.1 Å². The molecule has 1 aliphatic carbocycles. The van der Waals surface area contributed by atoms with Crippen molar-refractivity contribution in [2.45, 2.75) is 59.3 Å². The highest BCUT2D eigenvalue weighted by Crippen LogP contribution is 2.46. The number of benzene rings is 1. The SMILES string of the molecule is Cc1cc(NC(=O)Nc2cc(C3(C(=O)O)CCC3)ccc2N(CC(C)C)CC(C)C)on1. The van der Waals surface area contributed by atoms with Gasteiger partial charge in [-0.15, -0.1) is 0 Å². The molecule has 0 saturated heterocycles. The van der Waals surface area contributed by atoms with Gasteiger partial charge in [-0.2, -0.15) is 0 Å². The summed E-state index contributed by atoms with van der Waals surface area (Å²) >= 11 is 0. The highest BCUT2D eigenvalue weighted by Gasteiger charge is 2.46. The van der Waals surface area contributed by atoms with Crippen LogP contribution < -0.4 is 15.5 Å². The van der Waals surface area contributed by atoms with Crippen LogP contribution in [0.4, 0.5) is 22.1 Å². The third kappa shape index (κ3) is 5.23. The first kappa shape index (κ1) is 23.6. The average Bonchev–Trinajstić information content (AvgIpc) is 3.04. The number of carbonyl (C=O) groups excluding carboxylic acids is 1. The number of rotatable bonds is 9. The van der Waals surface area contributed by atoms with E-state index in [1.807, 2.05) is 18.2 Å². The predicted octanol–water partition coefficient (Wildman–Crippen LogP) is 5.25. The number of anilines is 3. The summed E-state index contributed by atoms with van der Waals surface area (Å²) in [6.07, 6.45) is 2.09. The first-order valence-electron chi connectivity index (χ1n) is 11.2. The quantitative estimate of drug-likeness (QED) is 0.489. The number of carboxylic acid groups (broad SMARTS) is 1. The number of nitrogens with zero attached hydrogens (tertiary/aromatic N) is 2.